The van der Waals surface area contributed by atoms with Crippen LogP contribution in [0.5, 0.6) is 5.75 Å². The van der Waals surface area contributed by atoms with Gasteiger partial charge in [0.1, 0.15) is 13.8 Å². The predicted octanol–water partition coefficient (Wildman–Crippen LogP) is 3.77. The summed E-state index contributed by atoms with van der Waals surface area (Å²) in [5.74, 6) is 0.978. The Kier molecular flexibility index (Phi) is 3.01. The summed E-state index contributed by atoms with van der Waals surface area (Å²) in [6.45, 7) is 4.90. The van der Waals surface area contributed by atoms with Gasteiger partial charge in [0.25, 0.3) is 0 Å². The fourth-order valence-corrected chi connectivity index (χ4v) is 8.65. The molecule has 0 radical (unpaired) electrons. The van der Waals surface area contributed by atoms with Gasteiger partial charge in [-0.3, -0.25) is 0 Å². The minimum Gasteiger partial charge on any atom is -0.551 e. The highest BCUT2D eigenvalue weighted by Crippen LogP contribution is 2.44. The standard InChI is InChI=1S/C26H20BNOSi/c1-30(2)23-14-8-6-12-21(23)28-20-11-5-4-10-19(20)27-25-18(15-16-24(30)26(25)28)17-9-3-7-13-22(17)29-27/h3-16H,1-2H3. The van der Waals surface area contributed by atoms with Crippen molar-refractivity contribution in [2.75, 3.05) is 4.90 Å². The Balaban J connectivity index is 1.66. The van der Waals surface area contributed by atoms with E-state index >= 15 is 0 Å². The van der Waals surface area contributed by atoms with Gasteiger partial charge in [-0.1, -0.05) is 79.8 Å². The number of nitrogens with zero attached hydrogens (tertiary/aromatic N) is 1. The summed E-state index contributed by atoms with van der Waals surface area (Å²) in [4.78, 5) is 2.50. The van der Waals surface area contributed by atoms with E-state index in [-0.39, 0.29) is 6.92 Å². The normalized spacial score (nSPS) is 16.1. The first-order valence-corrected chi connectivity index (χ1v) is 13.6. The van der Waals surface area contributed by atoms with Gasteiger partial charge >= 0.3 is 6.92 Å². The van der Waals surface area contributed by atoms with Crippen LogP contribution in [0.1, 0.15) is 0 Å². The van der Waals surface area contributed by atoms with Gasteiger partial charge in [-0.05, 0) is 39.6 Å². The van der Waals surface area contributed by atoms with E-state index in [0.717, 1.165) is 5.75 Å². The van der Waals surface area contributed by atoms with Crippen LogP contribution in [0.15, 0.2) is 84.9 Å². The minimum atomic E-state index is -1.84. The molecule has 3 heterocycles. The third-order valence-electron chi connectivity index (χ3n) is 7.08. The summed E-state index contributed by atoms with van der Waals surface area (Å²) in [5.41, 5.74) is 9.02. The Morgan fingerprint density at radius 1 is 0.700 bits per heavy atom. The average molecular weight is 401 g/mol. The molecule has 0 amide bonds. The summed E-state index contributed by atoms with van der Waals surface area (Å²) in [6.07, 6.45) is 0. The van der Waals surface area contributed by atoms with E-state index < -0.39 is 8.07 Å². The third-order valence-corrected chi connectivity index (χ3v) is 10.6. The van der Waals surface area contributed by atoms with Crippen molar-refractivity contribution in [2.45, 2.75) is 13.1 Å². The molecule has 4 heteroatoms. The SMILES string of the molecule is C[Si]1(C)c2ccccc2N2c3ccccc3B3Oc4ccccc4-c4ccc1c2c43. The molecule has 0 aromatic heterocycles. The van der Waals surface area contributed by atoms with Crippen molar-refractivity contribution in [3.63, 3.8) is 0 Å². The van der Waals surface area contributed by atoms with E-state index in [9.17, 15) is 0 Å². The molecule has 0 spiro atoms. The van der Waals surface area contributed by atoms with Crippen LogP contribution in [0.2, 0.25) is 13.1 Å². The van der Waals surface area contributed by atoms with Gasteiger partial charge in [0, 0.05) is 28.1 Å². The zero-order valence-electron chi connectivity index (χ0n) is 17.0. The van der Waals surface area contributed by atoms with Crippen LogP contribution in [-0.4, -0.2) is 15.0 Å². The zero-order valence-corrected chi connectivity index (χ0v) is 18.0. The Labute approximate surface area is 177 Å². The third kappa shape index (κ3) is 1.86. The summed E-state index contributed by atoms with van der Waals surface area (Å²) < 4.78 is 6.68. The lowest BCUT2D eigenvalue weighted by Crippen LogP contribution is -2.65. The molecule has 4 aromatic carbocycles. The first-order valence-electron chi connectivity index (χ1n) is 10.6. The molecule has 7 rings (SSSR count). The molecule has 0 bridgehead atoms. The molecule has 0 unspecified atom stereocenters. The van der Waals surface area contributed by atoms with E-state index in [2.05, 4.69) is 103 Å². The van der Waals surface area contributed by atoms with E-state index in [1.807, 2.05) is 0 Å². The first kappa shape index (κ1) is 16.5. The van der Waals surface area contributed by atoms with E-state index in [1.54, 1.807) is 0 Å². The number of anilines is 3. The lowest BCUT2D eigenvalue weighted by molar-refractivity contribution is 0.590. The molecule has 0 atom stereocenters. The second-order valence-electron chi connectivity index (χ2n) is 8.95. The van der Waals surface area contributed by atoms with E-state index in [4.69, 9.17) is 4.65 Å². The number of benzene rings is 4. The molecular formula is C26H20BNOSi. The van der Waals surface area contributed by atoms with Crippen LogP contribution >= 0.6 is 0 Å². The van der Waals surface area contributed by atoms with E-state index in [1.165, 1.54) is 49.5 Å². The molecule has 3 aliphatic heterocycles. The average Bonchev–Trinajstić information content (AvgIpc) is 2.79. The van der Waals surface area contributed by atoms with Gasteiger partial charge in [-0.2, -0.15) is 0 Å². The maximum absolute atomic E-state index is 6.68. The van der Waals surface area contributed by atoms with Crippen LogP contribution in [0.25, 0.3) is 11.1 Å². The van der Waals surface area contributed by atoms with Crippen molar-refractivity contribution in [1.29, 1.82) is 0 Å². The van der Waals surface area contributed by atoms with Crippen molar-refractivity contribution < 1.29 is 4.65 Å². The maximum Gasteiger partial charge on any atom is 0.431 e. The molecule has 0 saturated carbocycles. The fraction of sp³-hybridized carbons (Fsp3) is 0.0769. The molecule has 2 nitrogen and oxygen atoms in total. The highest BCUT2D eigenvalue weighted by Gasteiger charge is 2.48. The molecule has 0 fully saturated rings. The lowest BCUT2D eigenvalue weighted by Gasteiger charge is -2.47. The van der Waals surface area contributed by atoms with Crippen molar-refractivity contribution in [2.24, 2.45) is 0 Å². The smallest absolute Gasteiger partial charge is 0.431 e. The topological polar surface area (TPSA) is 12.5 Å². The zero-order chi connectivity index (χ0) is 20.0. The lowest BCUT2D eigenvalue weighted by atomic mass is 9.49. The second kappa shape index (κ2) is 5.47. The highest BCUT2D eigenvalue weighted by atomic mass is 28.3. The summed E-state index contributed by atoms with van der Waals surface area (Å²) in [7, 11) is -1.84. The minimum absolute atomic E-state index is 0.0626. The highest BCUT2D eigenvalue weighted by molar-refractivity contribution is 7.03. The largest absolute Gasteiger partial charge is 0.551 e. The van der Waals surface area contributed by atoms with Gasteiger partial charge < -0.3 is 9.55 Å². The van der Waals surface area contributed by atoms with Crippen LogP contribution in [0.4, 0.5) is 17.1 Å². The van der Waals surface area contributed by atoms with Gasteiger partial charge in [0.05, 0.1) is 0 Å². The van der Waals surface area contributed by atoms with Gasteiger partial charge in [-0.25, -0.2) is 0 Å². The predicted molar refractivity (Wildman–Crippen MR) is 129 cm³/mol. The van der Waals surface area contributed by atoms with Crippen LogP contribution in [0.3, 0.4) is 0 Å². The van der Waals surface area contributed by atoms with Crippen LogP contribution in [0, 0.1) is 0 Å². The first-order chi connectivity index (χ1) is 14.7. The second-order valence-corrected chi connectivity index (χ2v) is 13.3. The van der Waals surface area contributed by atoms with Crippen LogP contribution < -0.4 is 30.9 Å². The number of rotatable bonds is 0. The van der Waals surface area contributed by atoms with E-state index in [0.29, 0.717) is 0 Å². The molecule has 0 aliphatic carbocycles. The van der Waals surface area contributed by atoms with Gasteiger partial charge in [0.2, 0.25) is 0 Å². The number of hydrogen-bond acceptors (Lipinski definition) is 2. The molecule has 30 heavy (non-hydrogen) atoms. The molecule has 0 N–H and O–H groups in total. The fourth-order valence-electron chi connectivity index (χ4n) is 5.68. The van der Waals surface area contributed by atoms with Gasteiger partial charge in [-0.15, -0.1) is 0 Å². The Bertz CT molecular complexity index is 1380. The number of hydrogen-bond donors (Lipinski definition) is 0. The molecule has 3 aliphatic rings. The summed E-state index contributed by atoms with van der Waals surface area (Å²) >= 11 is 0. The Morgan fingerprint density at radius 3 is 2.33 bits per heavy atom. The molecule has 142 valence electrons. The van der Waals surface area contributed by atoms with Crippen LogP contribution in [-0.2, 0) is 0 Å². The van der Waals surface area contributed by atoms with Crippen molar-refractivity contribution in [1.82, 2.24) is 0 Å². The van der Waals surface area contributed by atoms with Crippen molar-refractivity contribution in [3.05, 3.63) is 84.9 Å². The molecule has 4 aromatic rings. The quantitative estimate of drug-likeness (QED) is 0.416. The molecular weight excluding hydrogens is 381 g/mol. The van der Waals surface area contributed by atoms with Crippen molar-refractivity contribution in [3.8, 4) is 16.9 Å². The van der Waals surface area contributed by atoms with Crippen molar-refractivity contribution >= 4 is 53.4 Å². The number of fused-ring (bicyclic) bond motifs is 7. The monoisotopic (exact) mass is 401 g/mol. The van der Waals surface area contributed by atoms with Gasteiger partial charge in [0.15, 0.2) is 0 Å². The summed E-state index contributed by atoms with van der Waals surface area (Å²) in [5, 5.41) is 3.00. The number of para-hydroxylation sites is 3. The Morgan fingerprint density at radius 2 is 1.43 bits per heavy atom. The Hall–Kier alpha value is -3.24. The molecule has 0 saturated heterocycles. The maximum atomic E-state index is 6.68. The summed E-state index contributed by atoms with van der Waals surface area (Å²) in [6, 6.07) is 30.9.